The molecule has 26 heavy (non-hydrogen) atoms. The van der Waals surface area contributed by atoms with Gasteiger partial charge in [-0.2, -0.15) is 0 Å². The lowest BCUT2D eigenvalue weighted by Gasteiger charge is -2.14. The van der Waals surface area contributed by atoms with Crippen LogP contribution in [-0.4, -0.2) is 32.2 Å². The zero-order valence-corrected chi connectivity index (χ0v) is 15.7. The number of aromatic nitrogens is 1. The van der Waals surface area contributed by atoms with E-state index in [1.165, 1.54) is 32.7 Å². The van der Waals surface area contributed by atoms with Crippen molar-refractivity contribution in [2.75, 3.05) is 26.8 Å². The lowest BCUT2D eigenvalue weighted by Crippen LogP contribution is -2.29. The van der Waals surface area contributed by atoms with Gasteiger partial charge in [-0.25, -0.2) is 4.98 Å². The molecule has 0 saturated heterocycles. The zero-order chi connectivity index (χ0) is 18.7. The van der Waals surface area contributed by atoms with Gasteiger partial charge in [0, 0.05) is 5.56 Å². The summed E-state index contributed by atoms with van der Waals surface area (Å²) in [6.45, 7) is 2.00. The van der Waals surface area contributed by atoms with Crippen molar-refractivity contribution < 1.29 is 19.0 Å². The molecule has 2 N–H and O–H groups in total. The maximum absolute atomic E-state index is 12.5. The van der Waals surface area contributed by atoms with Gasteiger partial charge < -0.3 is 14.2 Å². The Balaban J connectivity index is 1.80. The summed E-state index contributed by atoms with van der Waals surface area (Å²) in [5.41, 5.74) is 7.87. The van der Waals surface area contributed by atoms with Gasteiger partial charge in [-0.3, -0.25) is 15.6 Å². The Morgan fingerprint density at radius 3 is 2.35 bits per heavy atom. The van der Waals surface area contributed by atoms with E-state index in [0.29, 0.717) is 27.9 Å². The monoisotopic (exact) mass is 373 g/mol. The van der Waals surface area contributed by atoms with Gasteiger partial charge in [0.1, 0.15) is 0 Å². The highest BCUT2D eigenvalue weighted by atomic mass is 32.1. The van der Waals surface area contributed by atoms with Crippen LogP contribution in [0, 0.1) is 6.92 Å². The topological polar surface area (TPSA) is 81.7 Å². The maximum atomic E-state index is 12.5. The zero-order valence-electron chi connectivity index (χ0n) is 14.9. The van der Waals surface area contributed by atoms with Gasteiger partial charge in [0.15, 0.2) is 11.5 Å². The van der Waals surface area contributed by atoms with Crippen molar-refractivity contribution in [1.82, 2.24) is 10.4 Å². The van der Waals surface area contributed by atoms with Crippen molar-refractivity contribution in [3.05, 3.63) is 41.5 Å². The summed E-state index contributed by atoms with van der Waals surface area (Å²) in [5.74, 6) is 0.904. The molecule has 3 aromatic rings. The summed E-state index contributed by atoms with van der Waals surface area (Å²) < 4.78 is 16.9. The molecule has 0 aliphatic heterocycles. The van der Waals surface area contributed by atoms with Gasteiger partial charge in [-0.05, 0) is 30.7 Å². The number of para-hydroxylation sites is 1. The number of methoxy groups -OCH3 is 3. The second kappa shape index (κ2) is 7.49. The number of thiazole rings is 1. The summed E-state index contributed by atoms with van der Waals surface area (Å²) in [6.07, 6.45) is 0. The van der Waals surface area contributed by atoms with Gasteiger partial charge in [0.2, 0.25) is 10.9 Å². The Bertz CT molecular complexity index is 930. The molecule has 3 rings (SSSR count). The molecule has 1 heterocycles. The van der Waals surface area contributed by atoms with Gasteiger partial charge in [-0.1, -0.05) is 23.5 Å². The SMILES string of the molecule is COc1cc(C(=O)NNc2nc3c(C)cccc3s2)cc(OC)c1OC. The Labute approximate surface area is 154 Å². The first-order valence-electron chi connectivity index (χ1n) is 7.80. The number of carbonyl (C=O) groups is 1. The Kier molecular flexibility index (Phi) is 5.13. The average molecular weight is 373 g/mol. The van der Waals surface area contributed by atoms with E-state index in [2.05, 4.69) is 15.8 Å². The van der Waals surface area contributed by atoms with Crippen LogP contribution in [0.3, 0.4) is 0 Å². The van der Waals surface area contributed by atoms with Crippen LogP contribution < -0.4 is 25.1 Å². The van der Waals surface area contributed by atoms with E-state index >= 15 is 0 Å². The number of carbonyl (C=O) groups excluding carboxylic acids is 1. The molecule has 0 atom stereocenters. The third kappa shape index (κ3) is 3.36. The Morgan fingerprint density at radius 2 is 1.77 bits per heavy atom. The number of anilines is 1. The third-order valence-corrected chi connectivity index (χ3v) is 4.77. The summed E-state index contributed by atoms with van der Waals surface area (Å²) in [6, 6.07) is 9.14. The number of hydrogen-bond acceptors (Lipinski definition) is 7. The van der Waals surface area contributed by atoms with Gasteiger partial charge in [0.05, 0.1) is 31.5 Å². The van der Waals surface area contributed by atoms with Crippen LogP contribution in [0.1, 0.15) is 15.9 Å². The van der Waals surface area contributed by atoms with E-state index < -0.39 is 0 Å². The number of fused-ring (bicyclic) bond motifs is 1. The smallest absolute Gasteiger partial charge is 0.269 e. The van der Waals surface area contributed by atoms with Crippen molar-refractivity contribution in [3.8, 4) is 17.2 Å². The highest BCUT2D eigenvalue weighted by Crippen LogP contribution is 2.38. The van der Waals surface area contributed by atoms with Crippen LogP contribution in [0.5, 0.6) is 17.2 Å². The minimum Gasteiger partial charge on any atom is -0.493 e. The predicted octanol–water partition coefficient (Wildman–Crippen LogP) is 3.39. The number of rotatable bonds is 6. The molecule has 0 radical (unpaired) electrons. The normalized spacial score (nSPS) is 10.5. The van der Waals surface area contributed by atoms with E-state index in [1.807, 2.05) is 25.1 Å². The minimum atomic E-state index is -0.347. The second-order valence-electron chi connectivity index (χ2n) is 5.43. The molecular formula is C18H19N3O4S. The van der Waals surface area contributed by atoms with Crippen molar-refractivity contribution in [2.45, 2.75) is 6.92 Å². The molecule has 0 saturated carbocycles. The fourth-order valence-corrected chi connectivity index (χ4v) is 3.43. The van der Waals surface area contributed by atoms with Crippen LogP contribution in [-0.2, 0) is 0 Å². The maximum Gasteiger partial charge on any atom is 0.269 e. The molecule has 1 amide bonds. The molecule has 0 spiro atoms. The fourth-order valence-electron chi connectivity index (χ4n) is 2.53. The molecule has 2 aromatic carbocycles. The molecule has 0 bridgehead atoms. The molecule has 0 unspecified atom stereocenters. The minimum absolute atomic E-state index is 0.347. The van der Waals surface area contributed by atoms with Crippen molar-refractivity contribution in [2.24, 2.45) is 0 Å². The molecule has 136 valence electrons. The van der Waals surface area contributed by atoms with Gasteiger partial charge in [-0.15, -0.1) is 0 Å². The first-order chi connectivity index (χ1) is 12.6. The Hall–Kier alpha value is -3.00. The van der Waals surface area contributed by atoms with Crippen LogP contribution in [0.2, 0.25) is 0 Å². The van der Waals surface area contributed by atoms with Crippen LogP contribution >= 0.6 is 11.3 Å². The van der Waals surface area contributed by atoms with Gasteiger partial charge in [0.25, 0.3) is 5.91 Å². The molecule has 7 nitrogen and oxygen atoms in total. The molecule has 1 aromatic heterocycles. The number of nitrogens with zero attached hydrogens (tertiary/aromatic N) is 1. The quantitative estimate of drug-likeness (QED) is 0.645. The molecular weight excluding hydrogens is 354 g/mol. The standard InChI is InChI=1S/C18H19N3O4S/c1-10-6-5-7-14-15(10)19-18(26-14)21-20-17(22)11-8-12(23-2)16(25-4)13(9-11)24-3/h5-9H,1-4H3,(H,19,21)(H,20,22). The largest absolute Gasteiger partial charge is 0.493 e. The van der Waals surface area contributed by atoms with E-state index in [9.17, 15) is 4.79 Å². The third-order valence-electron chi connectivity index (χ3n) is 3.83. The molecule has 0 aliphatic rings. The lowest BCUT2D eigenvalue weighted by atomic mass is 10.1. The van der Waals surface area contributed by atoms with Crippen molar-refractivity contribution in [1.29, 1.82) is 0 Å². The van der Waals surface area contributed by atoms with Gasteiger partial charge >= 0.3 is 0 Å². The predicted molar refractivity (Wildman–Crippen MR) is 102 cm³/mol. The number of hydrogen-bond donors (Lipinski definition) is 2. The number of ether oxygens (including phenoxy) is 3. The van der Waals surface area contributed by atoms with Crippen LogP contribution in [0.15, 0.2) is 30.3 Å². The summed E-state index contributed by atoms with van der Waals surface area (Å²) in [4.78, 5) is 17.0. The van der Waals surface area contributed by atoms with Crippen molar-refractivity contribution >= 4 is 32.6 Å². The van der Waals surface area contributed by atoms with E-state index in [1.54, 1.807) is 12.1 Å². The molecule has 0 fully saturated rings. The molecule has 8 heteroatoms. The van der Waals surface area contributed by atoms with E-state index in [-0.39, 0.29) is 5.91 Å². The van der Waals surface area contributed by atoms with E-state index in [4.69, 9.17) is 14.2 Å². The summed E-state index contributed by atoms with van der Waals surface area (Å²) in [5, 5.41) is 0.607. The average Bonchev–Trinajstić information content (AvgIpc) is 3.09. The Morgan fingerprint density at radius 1 is 1.08 bits per heavy atom. The lowest BCUT2D eigenvalue weighted by molar-refractivity contribution is 0.0962. The second-order valence-corrected chi connectivity index (χ2v) is 6.46. The first kappa shape index (κ1) is 17.8. The first-order valence-corrected chi connectivity index (χ1v) is 8.61. The fraction of sp³-hybridized carbons (Fsp3) is 0.222. The summed E-state index contributed by atoms with van der Waals surface area (Å²) in [7, 11) is 4.51. The number of nitrogens with one attached hydrogen (secondary N) is 2. The highest BCUT2D eigenvalue weighted by molar-refractivity contribution is 7.22. The number of amides is 1. The molecule has 0 aliphatic carbocycles. The van der Waals surface area contributed by atoms with E-state index in [0.717, 1.165) is 15.8 Å². The summed E-state index contributed by atoms with van der Waals surface area (Å²) >= 11 is 1.46. The van der Waals surface area contributed by atoms with Crippen LogP contribution in [0.25, 0.3) is 10.2 Å². The number of benzene rings is 2. The number of hydrazine groups is 1. The van der Waals surface area contributed by atoms with Crippen molar-refractivity contribution in [3.63, 3.8) is 0 Å². The number of aryl methyl sites for hydroxylation is 1. The van der Waals surface area contributed by atoms with Crippen LogP contribution in [0.4, 0.5) is 5.13 Å². The highest BCUT2D eigenvalue weighted by Gasteiger charge is 2.17.